The molecule has 12 heavy (non-hydrogen) atoms. The van der Waals surface area contributed by atoms with Crippen LogP contribution in [0.15, 0.2) is 0 Å². The summed E-state index contributed by atoms with van der Waals surface area (Å²) in [6.07, 6.45) is 0. The molecule has 0 rings (SSSR count). The van der Waals surface area contributed by atoms with Crippen LogP contribution < -0.4 is 16.5 Å². The molecule has 0 saturated carbocycles. The number of halogens is 2. The molecule has 0 unspecified atom stereocenters. The highest BCUT2D eigenvalue weighted by Crippen LogP contribution is 1.44. The van der Waals surface area contributed by atoms with E-state index in [-0.39, 0.29) is 36.2 Å². The van der Waals surface area contributed by atoms with Crippen molar-refractivity contribution in [2.75, 3.05) is 7.05 Å². The fraction of sp³-hybridized carbons (Fsp3) is 0.500. The predicted octanol–water partition coefficient (Wildman–Crippen LogP) is -3.25. The first-order valence-electron chi connectivity index (χ1n) is 1.88. The Morgan fingerprint density at radius 1 is 1.33 bits per heavy atom. The Hall–Kier alpha value is -0.990. The molecular weight excluding hydrogens is 215 g/mol. The zero-order chi connectivity index (χ0) is 7.86. The molecule has 0 amide bonds. The van der Waals surface area contributed by atoms with Crippen LogP contribution in [0.5, 0.6) is 0 Å². The van der Waals surface area contributed by atoms with Gasteiger partial charge in [0.15, 0.2) is 0 Å². The topological polar surface area (TPSA) is 164 Å². The van der Waals surface area contributed by atoms with Gasteiger partial charge in [0.1, 0.15) is 0 Å². The monoisotopic (exact) mass is 226 g/mol. The van der Waals surface area contributed by atoms with Crippen molar-refractivity contribution in [2.24, 2.45) is 11.5 Å². The summed E-state index contributed by atoms with van der Waals surface area (Å²) in [7, 11) is 1.66. The van der Waals surface area contributed by atoms with Crippen molar-refractivity contribution in [2.45, 2.75) is 0 Å². The molecule has 0 aromatic rings. The number of nitrogens with zero attached hydrogens (tertiary/aromatic N) is 1. The third-order valence-electron chi connectivity index (χ3n) is 0.289. The van der Waals surface area contributed by atoms with Crippen molar-refractivity contribution in [1.82, 2.24) is 0 Å². The van der Waals surface area contributed by atoms with Crippen LogP contribution in [-0.4, -0.2) is 23.6 Å². The molecule has 0 heterocycles. The second-order valence-corrected chi connectivity index (χ2v) is 0.929. The van der Waals surface area contributed by atoms with Crippen molar-refractivity contribution >= 4 is 30.8 Å². The largest absolute Gasteiger partial charge is 0.412 e. The smallest absolute Gasteiger partial charge is 0.338 e. The van der Waals surface area contributed by atoms with Crippen LogP contribution in [0.4, 0.5) is 0 Å². The number of hydrogen-bond acceptors (Lipinski definition) is 3. The predicted molar refractivity (Wildman–Crippen MR) is 48.7 cm³/mol. The van der Waals surface area contributed by atoms with Gasteiger partial charge in [-0.25, -0.2) is 0 Å². The van der Waals surface area contributed by atoms with E-state index >= 15 is 0 Å². The van der Waals surface area contributed by atoms with E-state index in [4.69, 9.17) is 26.8 Å². The van der Waals surface area contributed by atoms with E-state index in [1.54, 1.807) is 7.05 Å². The molecule has 0 spiro atoms. The average Bonchev–Trinajstić information content (AvgIpc) is 1.65. The van der Waals surface area contributed by atoms with Crippen LogP contribution >= 0.6 is 24.8 Å². The van der Waals surface area contributed by atoms with Crippen molar-refractivity contribution < 1.29 is 15.6 Å². The van der Waals surface area contributed by atoms with Gasteiger partial charge in [-0.15, -0.1) is 24.8 Å². The zero-order valence-corrected chi connectivity index (χ0v) is 7.78. The summed E-state index contributed by atoms with van der Waals surface area (Å²) in [5, 5.41) is 14.8. The lowest BCUT2D eigenvalue weighted by Gasteiger charge is -1.74. The molecule has 7 N–H and O–H groups in total. The molecule has 10 heteroatoms. The third-order valence-corrected chi connectivity index (χ3v) is 0.289. The Morgan fingerprint density at radius 2 is 1.42 bits per heavy atom. The van der Waals surface area contributed by atoms with Gasteiger partial charge in [-0.2, -0.15) is 0 Å². The fourth-order valence-electron chi connectivity index (χ4n) is 0. The van der Waals surface area contributed by atoms with Crippen molar-refractivity contribution in [3.05, 3.63) is 15.3 Å². The molecule has 0 aromatic carbocycles. The Bertz CT molecular complexity index is 112. The van der Waals surface area contributed by atoms with Gasteiger partial charge in [-0.05, 0) is 0 Å². The number of guanidine groups is 1. The van der Waals surface area contributed by atoms with E-state index in [1.165, 1.54) is 0 Å². The van der Waals surface area contributed by atoms with Crippen molar-refractivity contribution in [3.8, 4) is 0 Å². The molecule has 0 fully saturated rings. The van der Waals surface area contributed by atoms with E-state index in [1.807, 2.05) is 0 Å². The average molecular weight is 227 g/mol. The van der Waals surface area contributed by atoms with Gasteiger partial charge in [-0.1, -0.05) is 0 Å². The van der Waals surface area contributed by atoms with Gasteiger partial charge in [0, 0.05) is 0 Å². The highest BCUT2D eigenvalue weighted by atomic mass is 35.5. The molecular formula is C2H12Cl2N4O4. The van der Waals surface area contributed by atoms with Gasteiger partial charge >= 0.3 is 5.96 Å². The number of nitrogens with one attached hydrogen (secondary N) is 1. The first-order chi connectivity index (χ1) is 4.00. The summed E-state index contributed by atoms with van der Waals surface area (Å²) < 4.78 is 0. The van der Waals surface area contributed by atoms with E-state index in [2.05, 4.69) is 4.99 Å². The maximum Gasteiger partial charge on any atom is 0.338 e. The maximum absolute atomic E-state index is 8.25. The SMILES string of the molecule is C[NH+]=C(N)N.Cl.Cl.O.O=[N+]([O-])[O-]. The van der Waals surface area contributed by atoms with Crippen LogP contribution in [0.1, 0.15) is 0 Å². The Balaban J connectivity index is -0.0000000221. The summed E-state index contributed by atoms with van der Waals surface area (Å²) in [5.74, 6) is 0.255. The molecule has 8 nitrogen and oxygen atoms in total. The van der Waals surface area contributed by atoms with Gasteiger partial charge < -0.3 is 20.8 Å². The highest BCUT2D eigenvalue weighted by Gasteiger charge is 1.71. The van der Waals surface area contributed by atoms with E-state index in [0.717, 1.165) is 0 Å². The minimum Gasteiger partial charge on any atom is -0.412 e. The molecule has 0 aromatic heterocycles. The molecule has 78 valence electrons. The van der Waals surface area contributed by atoms with E-state index < -0.39 is 5.09 Å². The maximum atomic E-state index is 8.25. The van der Waals surface area contributed by atoms with Gasteiger partial charge in [0.05, 0.1) is 12.1 Å². The summed E-state index contributed by atoms with van der Waals surface area (Å²) in [5.41, 5.74) is 9.75. The Morgan fingerprint density at radius 3 is 1.42 bits per heavy atom. The van der Waals surface area contributed by atoms with Crippen molar-refractivity contribution in [3.63, 3.8) is 0 Å². The van der Waals surface area contributed by atoms with Crippen molar-refractivity contribution in [1.29, 1.82) is 0 Å². The number of nitrogens with two attached hydrogens (primary N) is 2. The highest BCUT2D eigenvalue weighted by molar-refractivity contribution is 5.85. The van der Waals surface area contributed by atoms with E-state index in [9.17, 15) is 0 Å². The summed E-state index contributed by atoms with van der Waals surface area (Å²) in [4.78, 5) is 10.8. The minimum atomic E-state index is -1.75. The van der Waals surface area contributed by atoms with Crippen LogP contribution in [0.2, 0.25) is 0 Å². The van der Waals surface area contributed by atoms with Crippen LogP contribution in [-0.2, 0) is 0 Å². The van der Waals surface area contributed by atoms with Gasteiger partial charge in [0.2, 0.25) is 0 Å². The minimum absolute atomic E-state index is 0. The number of rotatable bonds is 0. The molecule has 0 aliphatic carbocycles. The standard InChI is InChI=1S/C2H7N3.2ClH.NO3.H2O/c1-5-2(3)4;;;2-1(3)4;/h1H3,(H4,3,4,5);2*1H;;1H2/q;;;-1;/p+1. The summed E-state index contributed by atoms with van der Waals surface area (Å²) in [6.45, 7) is 0. The zero-order valence-electron chi connectivity index (χ0n) is 6.14. The third kappa shape index (κ3) is 567. The normalized spacial score (nSPS) is 4.75. The summed E-state index contributed by atoms with van der Waals surface area (Å²) in [6, 6.07) is 0. The molecule has 0 saturated heterocycles. The lowest BCUT2D eigenvalue weighted by molar-refractivity contribution is -0.422. The van der Waals surface area contributed by atoms with E-state index in [0.29, 0.717) is 0 Å². The summed E-state index contributed by atoms with van der Waals surface area (Å²) >= 11 is 0. The molecule has 0 radical (unpaired) electrons. The second-order valence-electron chi connectivity index (χ2n) is 0.929. The van der Waals surface area contributed by atoms with Crippen LogP contribution in [0, 0.1) is 15.3 Å². The lowest BCUT2D eigenvalue weighted by atomic mass is 11.1. The quantitative estimate of drug-likeness (QED) is 0.171. The Labute approximate surface area is 80.9 Å². The lowest BCUT2D eigenvalue weighted by Crippen LogP contribution is -2.73. The fourth-order valence-corrected chi connectivity index (χ4v) is 0. The van der Waals surface area contributed by atoms with Gasteiger partial charge in [0.25, 0.3) is 0 Å². The molecule has 0 bridgehead atoms. The Kier molecular flexibility index (Phi) is 57.3. The molecule has 0 aliphatic rings. The van der Waals surface area contributed by atoms with Crippen LogP contribution in [0.3, 0.4) is 0 Å². The first-order valence-corrected chi connectivity index (χ1v) is 1.88. The first kappa shape index (κ1) is 30.5. The molecule has 0 aliphatic heterocycles. The van der Waals surface area contributed by atoms with Crippen LogP contribution in [0.25, 0.3) is 0 Å². The second kappa shape index (κ2) is 22.5. The molecule has 0 atom stereocenters. The number of hydrogen-bond donors (Lipinski definition) is 3. The van der Waals surface area contributed by atoms with Gasteiger partial charge in [-0.3, -0.25) is 16.5 Å².